The third-order valence-corrected chi connectivity index (χ3v) is 9.24. The number of anilines is 1. The maximum Gasteiger partial charge on any atom is 0.322 e. The molecular weight excluding hydrogens is 638 g/mol. The summed E-state index contributed by atoms with van der Waals surface area (Å²) in [6, 6.07) is 11.2. The molecule has 1 aliphatic heterocycles. The van der Waals surface area contributed by atoms with Crippen LogP contribution in [-0.4, -0.2) is 110 Å². The number of aliphatic carboxylic acids is 1. The molecular formula is C30H41N5O9S2. The van der Waals surface area contributed by atoms with Crippen molar-refractivity contribution in [1.82, 2.24) is 19.1 Å². The molecule has 2 aromatic rings. The highest BCUT2D eigenvalue weighted by Gasteiger charge is 2.33. The summed E-state index contributed by atoms with van der Waals surface area (Å²) >= 11 is 0. The molecule has 0 aliphatic carbocycles. The first-order chi connectivity index (χ1) is 21.7. The van der Waals surface area contributed by atoms with Gasteiger partial charge in [0.15, 0.2) is 0 Å². The standard InChI is InChI=1S/C30H41N5O9S2/c1-22(2)28(30(37)38)33-46(41,42)35-17-15-34(16-18-35)25-10-7-23(8-11-25)5-6-24-9-12-27(44-20-19-43-3)26(21-24)29(36)31-13-14-32-45(4,39)40/h7-12,21-22,28,32-33H,13-20H2,1-4H3,(H,31,36)(H,37,38)/t28-/m1/s1. The molecule has 1 saturated heterocycles. The van der Waals surface area contributed by atoms with Gasteiger partial charge in [0.1, 0.15) is 18.4 Å². The van der Waals surface area contributed by atoms with Crippen molar-refractivity contribution in [2.45, 2.75) is 19.9 Å². The molecule has 0 bridgehead atoms. The molecule has 1 aliphatic rings. The van der Waals surface area contributed by atoms with Gasteiger partial charge >= 0.3 is 5.97 Å². The first-order valence-corrected chi connectivity index (χ1v) is 17.9. The van der Waals surface area contributed by atoms with Gasteiger partial charge in [-0.05, 0) is 48.4 Å². The summed E-state index contributed by atoms with van der Waals surface area (Å²) < 4.78 is 64.7. The molecule has 0 aromatic heterocycles. The highest BCUT2D eigenvalue weighted by molar-refractivity contribution is 7.88. The smallest absolute Gasteiger partial charge is 0.322 e. The Balaban J connectivity index is 1.65. The molecule has 1 atom stereocenters. The van der Waals surface area contributed by atoms with Gasteiger partial charge in [-0.2, -0.15) is 17.4 Å². The number of benzene rings is 2. The number of piperazine rings is 1. The summed E-state index contributed by atoms with van der Waals surface area (Å²) in [7, 11) is -5.79. The number of sulfonamides is 1. The Bertz CT molecular complexity index is 1630. The van der Waals surface area contributed by atoms with Crippen LogP contribution in [0.25, 0.3) is 0 Å². The molecule has 14 nitrogen and oxygen atoms in total. The van der Waals surface area contributed by atoms with E-state index in [-0.39, 0.29) is 38.3 Å². The van der Waals surface area contributed by atoms with Crippen LogP contribution in [0.4, 0.5) is 5.69 Å². The fourth-order valence-electron chi connectivity index (χ4n) is 4.45. The molecule has 0 unspecified atom stereocenters. The maximum absolute atomic E-state index is 12.9. The predicted molar refractivity (Wildman–Crippen MR) is 174 cm³/mol. The fourth-order valence-corrected chi connectivity index (χ4v) is 6.41. The average molecular weight is 680 g/mol. The van der Waals surface area contributed by atoms with E-state index in [1.807, 2.05) is 29.2 Å². The Kier molecular flexibility index (Phi) is 13.4. The first-order valence-electron chi connectivity index (χ1n) is 14.6. The number of hydrogen-bond acceptors (Lipinski definition) is 9. The van der Waals surface area contributed by atoms with Crippen LogP contribution in [0.1, 0.15) is 35.3 Å². The van der Waals surface area contributed by atoms with E-state index >= 15 is 0 Å². The predicted octanol–water partition coefficient (Wildman–Crippen LogP) is 0.456. The Hall–Kier alpha value is -3.72. The van der Waals surface area contributed by atoms with Crippen LogP contribution in [0, 0.1) is 17.8 Å². The molecule has 1 amide bonds. The summed E-state index contributed by atoms with van der Waals surface area (Å²) in [6.07, 6.45) is 1.04. The van der Waals surface area contributed by atoms with Crippen LogP contribution in [0.2, 0.25) is 0 Å². The van der Waals surface area contributed by atoms with Gasteiger partial charge in [0.2, 0.25) is 10.0 Å². The van der Waals surface area contributed by atoms with Gasteiger partial charge in [0.25, 0.3) is 16.1 Å². The van der Waals surface area contributed by atoms with E-state index in [0.717, 1.165) is 17.5 Å². The Morgan fingerprint density at radius 2 is 1.57 bits per heavy atom. The number of carbonyl (C=O) groups is 2. The van der Waals surface area contributed by atoms with Crippen LogP contribution in [-0.2, 0) is 29.8 Å². The lowest BCUT2D eigenvalue weighted by molar-refractivity contribution is -0.140. The van der Waals surface area contributed by atoms with Gasteiger partial charge in [-0.3, -0.25) is 9.59 Å². The number of nitrogens with one attached hydrogen (secondary N) is 3. The maximum atomic E-state index is 12.9. The van der Waals surface area contributed by atoms with Crippen LogP contribution in [0.3, 0.4) is 0 Å². The molecule has 3 rings (SSSR count). The number of carboxylic acids is 1. The summed E-state index contributed by atoms with van der Waals surface area (Å²) in [5.41, 5.74) is 2.43. The minimum atomic E-state index is -3.95. The van der Waals surface area contributed by atoms with Gasteiger partial charge in [-0.25, -0.2) is 13.1 Å². The van der Waals surface area contributed by atoms with Crippen molar-refractivity contribution in [3.05, 3.63) is 59.2 Å². The summed E-state index contributed by atoms with van der Waals surface area (Å²) in [4.78, 5) is 26.4. The molecule has 1 fully saturated rings. The average Bonchev–Trinajstić information content (AvgIpc) is 3.01. The second-order valence-electron chi connectivity index (χ2n) is 10.8. The van der Waals surface area contributed by atoms with E-state index in [9.17, 15) is 31.5 Å². The van der Waals surface area contributed by atoms with Crippen molar-refractivity contribution in [2.75, 3.05) is 70.7 Å². The van der Waals surface area contributed by atoms with Gasteiger partial charge < -0.3 is 24.8 Å². The lowest BCUT2D eigenvalue weighted by atomic mass is 10.1. The molecule has 0 spiro atoms. The van der Waals surface area contributed by atoms with E-state index in [1.165, 1.54) is 11.4 Å². The third kappa shape index (κ3) is 11.3. The Labute approximate surface area is 270 Å². The zero-order chi connectivity index (χ0) is 33.9. The normalized spacial score (nSPS) is 14.8. The molecule has 4 N–H and O–H groups in total. The molecule has 252 valence electrons. The molecule has 46 heavy (non-hydrogen) atoms. The zero-order valence-corrected chi connectivity index (χ0v) is 27.9. The van der Waals surface area contributed by atoms with Crippen molar-refractivity contribution in [3.8, 4) is 17.6 Å². The molecule has 0 radical (unpaired) electrons. The second-order valence-corrected chi connectivity index (χ2v) is 14.4. The summed E-state index contributed by atoms with van der Waals surface area (Å²) in [5.74, 6) is 4.41. The van der Waals surface area contributed by atoms with Crippen LogP contribution in [0.5, 0.6) is 5.75 Å². The van der Waals surface area contributed by atoms with Crippen molar-refractivity contribution in [2.24, 2.45) is 5.92 Å². The van der Waals surface area contributed by atoms with E-state index in [0.29, 0.717) is 31.0 Å². The summed E-state index contributed by atoms with van der Waals surface area (Å²) in [6.45, 7) is 5.24. The van der Waals surface area contributed by atoms with Crippen LogP contribution in [0.15, 0.2) is 42.5 Å². The minimum absolute atomic E-state index is 0.0391. The van der Waals surface area contributed by atoms with Crippen molar-refractivity contribution >= 4 is 37.8 Å². The molecule has 0 saturated carbocycles. The SMILES string of the molecule is COCCOc1ccc(C#Cc2ccc(N3CCN(S(=O)(=O)N[C@@H](C(=O)O)C(C)C)CC3)cc2)cc1C(=O)NCCNS(C)(=O)=O. The number of nitrogens with zero attached hydrogens (tertiary/aromatic N) is 2. The number of rotatable bonds is 15. The number of hydrogen-bond donors (Lipinski definition) is 4. The largest absolute Gasteiger partial charge is 0.490 e. The van der Waals surface area contributed by atoms with Crippen molar-refractivity contribution in [3.63, 3.8) is 0 Å². The highest BCUT2D eigenvalue weighted by atomic mass is 32.2. The quantitative estimate of drug-likeness (QED) is 0.152. The van der Waals surface area contributed by atoms with E-state index in [2.05, 4.69) is 26.6 Å². The topological polar surface area (TPSA) is 184 Å². The van der Waals surface area contributed by atoms with Crippen molar-refractivity contribution in [1.29, 1.82) is 0 Å². The van der Waals surface area contributed by atoms with Crippen LogP contribution >= 0.6 is 0 Å². The number of carboxylic acid groups (broad SMARTS) is 1. The number of methoxy groups -OCH3 is 1. The molecule has 16 heteroatoms. The monoisotopic (exact) mass is 679 g/mol. The van der Waals surface area contributed by atoms with Gasteiger partial charge in [0, 0.05) is 63.2 Å². The lowest BCUT2D eigenvalue weighted by Gasteiger charge is -2.36. The Morgan fingerprint density at radius 1 is 0.935 bits per heavy atom. The van der Waals surface area contributed by atoms with E-state index < -0.39 is 44.1 Å². The summed E-state index contributed by atoms with van der Waals surface area (Å²) in [5, 5.41) is 12.0. The zero-order valence-electron chi connectivity index (χ0n) is 26.3. The Morgan fingerprint density at radius 3 is 2.15 bits per heavy atom. The minimum Gasteiger partial charge on any atom is -0.490 e. The van der Waals surface area contributed by atoms with Crippen LogP contribution < -0.4 is 24.4 Å². The van der Waals surface area contributed by atoms with E-state index in [1.54, 1.807) is 32.0 Å². The first kappa shape index (κ1) is 36.7. The van der Waals surface area contributed by atoms with Gasteiger partial charge in [-0.15, -0.1) is 0 Å². The van der Waals surface area contributed by atoms with Crippen molar-refractivity contribution < 1.29 is 41.0 Å². The number of carbonyl (C=O) groups excluding carboxylic acids is 1. The van der Waals surface area contributed by atoms with Gasteiger partial charge in [0.05, 0.1) is 18.4 Å². The van der Waals surface area contributed by atoms with E-state index in [4.69, 9.17) is 9.47 Å². The highest BCUT2D eigenvalue weighted by Crippen LogP contribution is 2.21. The third-order valence-electron chi connectivity index (χ3n) is 6.91. The lowest BCUT2D eigenvalue weighted by Crippen LogP contribution is -2.55. The fraction of sp³-hybridized carbons (Fsp3) is 0.467. The molecule has 2 aromatic carbocycles. The molecule has 1 heterocycles. The van der Waals surface area contributed by atoms with Gasteiger partial charge in [-0.1, -0.05) is 25.7 Å². The number of amides is 1. The number of ether oxygens (including phenoxy) is 2. The second kappa shape index (κ2) is 16.7.